The highest BCUT2D eigenvalue weighted by molar-refractivity contribution is 8.26. The maximum atomic E-state index is 13.0. The van der Waals surface area contributed by atoms with Crippen LogP contribution >= 0.6 is 24.0 Å². The molecule has 0 spiro atoms. The van der Waals surface area contributed by atoms with E-state index in [1.165, 1.54) is 18.2 Å². The second-order valence-corrected chi connectivity index (χ2v) is 8.46. The van der Waals surface area contributed by atoms with Crippen LogP contribution < -0.4 is 0 Å². The number of aliphatic carboxylic acids is 1. The lowest BCUT2D eigenvalue weighted by Crippen LogP contribution is -2.37. The Balaban J connectivity index is 1.59. The molecule has 0 saturated carbocycles. The molecule has 4 rings (SSSR count). The third-order valence-electron chi connectivity index (χ3n) is 4.75. The molecule has 1 aromatic heterocycles. The largest absolute Gasteiger partial charge is 0.479 e. The molecule has 0 bridgehead atoms. The highest BCUT2D eigenvalue weighted by atomic mass is 32.2. The first-order valence-corrected chi connectivity index (χ1v) is 10.6. The fourth-order valence-electron chi connectivity index (χ4n) is 3.23. The van der Waals surface area contributed by atoms with Crippen molar-refractivity contribution in [2.24, 2.45) is 0 Å². The van der Waals surface area contributed by atoms with Crippen LogP contribution in [0.5, 0.6) is 0 Å². The molecular formula is C23H15NO6S2. The maximum absolute atomic E-state index is 13.0. The van der Waals surface area contributed by atoms with Gasteiger partial charge < -0.3 is 14.6 Å². The molecule has 1 amide bonds. The fraction of sp³-hybridized carbons (Fsp3) is 0.0435. The zero-order valence-electron chi connectivity index (χ0n) is 16.3. The lowest BCUT2D eigenvalue weighted by Gasteiger charge is -2.23. The van der Waals surface area contributed by atoms with E-state index in [2.05, 4.69) is 0 Å². The van der Waals surface area contributed by atoms with Crippen molar-refractivity contribution in [3.05, 3.63) is 88.5 Å². The predicted octanol–water partition coefficient (Wildman–Crippen LogP) is 4.67. The van der Waals surface area contributed by atoms with Gasteiger partial charge in [0.1, 0.15) is 15.8 Å². The summed E-state index contributed by atoms with van der Waals surface area (Å²) in [5.74, 6) is -1.83. The normalized spacial score (nSPS) is 15.9. The Hall–Kier alpha value is -3.69. The number of rotatable bonds is 6. The predicted molar refractivity (Wildman–Crippen MR) is 123 cm³/mol. The Morgan fingerprint density at radius 3 is 2.31 bits per heavy atom. The quantitative estimate of drug-likeness (QED) is 0.399. The first-order valence-electron chi connectivity index (χ1n) is 9.33. The standard InChI is InChI=1S/C23H15NO6S2/c25-20-18(32-23(31)24(20)19(22(28)29)14-4-2-1-3-5-14)12-16-10-11-17(30-16)13-6-8-15(9-7-13)21(26)27/h1-12,19H,(H,26,27)(H,28,29)/b18-12-. The molecule has 1 unspecified atom stereocenters. The molecule has 7 nitrogen and oxygen atoms in total. The monoisotopic (exact) mass is 465 g/mol. The number of thioether (sulfide) groups is 1. The Labute approximate surface area is 192 Å². The average molecular weight is 466 g/mol. The number of benzene rings is 2. The summed E-state index contributed by atoms with van der Waals surface area (Å²) in [6, 6.07) is 16.8. The van der Waals surface area contributed by atoms with Crippen LogP contribution in [0.4, 0.5) is 0 Å². The minimum atomic E-state index is -1.23. The zero-order chi connectivity index (χ0) is 22.8. The number of nitrogens with zero attached hydrogens (tertiary/aromatic N) is 1. The van der Waals surface area contributed by atoms with Gasteiger partial charge in [0, 0.05) is 11.6 Å². The molecule has 3 aromatic rings. The fourth-order valence-corrected chi connectivity index (χ4v) is 4.52. The molecule has 1 aliphatic rings. The van der Waals surface area contributed by atoms with E-state index < -0.39 is 23.9 Å². The Morgan fingerprint density at radius 2 is 1.69 bits per heavy atom. The maximum Gasteiger partial charge on any atom is 0.335 e. The van der Waals surface area contributed by atoms with Crippen molar-refractivity contribution in [3.63, 3.8) is 0 Å². The van der Waals surface area contributed by atoms with Crippen molar-refractivity contribution in [1.29, 1.82) is 0 Å². The van der Waals surface area contributed by atoms with E-state index in [1.807, 2.05) is 0 Å². The van der Waals surface area contributed by atoms with Gasteiger partial charge in [-0.1, -0.05) is 66.4 Å². The van der Waals surface area contributed by atoms with Crippen molar-refractivity contribution >= 4 is 52.2 Å². The van der Waals surface area contributed by atoms with Gasteiger partial charge in [0.05, 0.1) is 10.5 Å². The van der Waals surface area contributed by atoms with E-state index in [-0.39, 0.29) is 14.8 Å². The van der Waals surface area contributed by atoms with Crippen LogP contribution in [0.15, 0.2) is 76.1 Å². The highest BCUT2D eigenvalue weighted by Gasteiger charge is 2.41. The number of hydrogen-bond acceptors (Lipinski definition) is 6. The van der Waals surface area contributed by atoms with Crippen LogP contribution in [-0.4, -0.2) is 37.3 Å². The molecule has 1 aliphatic heterocycles. The molecular weight excluding hydrogens is 450 g/mol. The number of carboxylic acid groups (broad SMARTS) is 2. The summed E-state index contributed by atoms with van der Waals surface area (Å²) in [5, 5.41) is 18.8. The van der Waals surface area contributed by atoms with E-state index in [0.717, 1.165) is 16.7 Å². The van der Waals surface area contributed by atoms with Gasteiger partial charge in [-0.3, -0.25) is 9.69 Å². The number of carbonyl (C=O) groups is 3. The summed E-state index contributed by atoms with van der Waals surface area (Å²) < 4.78 is 5.92. The molecule has 2 heterocycles. The van der Waals surface area contributed by atoms with E-state index in [1.54, 1.807) is 54.6 Å². The summed E-state index contributed by atoms with van der Waals surface area (Å²) in [5.41, 5.74) is 1.29. The first-order chi connectivity index (χ1) is 15.3. The molecule has 1 saturated heterocycles. The second kappa shape index (κ2) is 8.81. The van der Waals surface area contributed by atoms with Gasteiger partial charge in [-0.2, -0.15) is 0 Å². The molecule has 1 fully saturated rings. The van der Waals surface area contributed by atoms with Crippen molar-refractivity contribution in [3.8, 4) is 11.3 Å². The number of aromatic carboxylic acids is 1. The van der Waals surface area contributed by atoms with Crippen molar-refractivity contribution in [2.75, 3.05) is 0 Å². The van der Waals surface area contributed by atoms with Gasteiger partial charge in [-0.15, -0.1) is 0 Å². The van der Waals surface area contributed by atoms with Crippen LogP contribution in [-0.2, 0) is 9.59 Å². The summed E-state index contributed by atoms with van der Waals surface area (Å²) in [7, 11) is 0. The van der Waals surface area contributed by atoms with Gasteiger partial charge >= 0.3 is 11.9 Å². The zero-order valence-corrected chi connectivity index (χ0v) is 17.9. The van der Waals surface area contributed by atoms with Crippen molar-refractivity contribution in [1.82, 2.24) is 4.90 Å². The van der Waals surface area contributed by atoms with E-state index in [0.29, 0.717) is 22.6 Å². The molecule has 160 valence electrons. The molecule has 1 atom stereocenters. The average Bonchev–Trinajstić information content (AvgIpc) is 3.35. The van der Waals surface area contributed by atoms with Crippen LogP contribution in [0.25, 0.3) is 17.4 Å². The second-order valence-electron chi connectivity index (χ2n) is 6.79. The van der Waals surface area contributed by atoms with Crippen LogP contribution in [0.3, 0.4) is 0 Å². The summed E-state index contributed by atoms with van der Waals surface area (Å²) in [6.07, 6.45) is 1.51. The molecule has 2 aromatic carbocycles. The number of hydrogen-bond donors (Lipinski definition) is 2. The SMILES string of the molecule is O=C(O)c1ccc(-c2ccc(/C=C3\SC(=S)N(C(C(=O)O)c4ccccc4)C3=O)o2)cc1. The van der Waals surface area contributed by atoms with E-state index >= 15 is 0 Å². The van der Waals surface area contributed by atoms with Gasteiger partial charge in [0.25, 0.3) is 5.91 Å². The van der Waals surface area contributed by atoms with Crippen LogP contribution in [0.2, 0.25) is 0 Å². The summed E-state index contributed by atoms with van der Waals surface area (Å²) in [6.45, 7) is 0. The van der Waals surface area contributed by atoms with Gasteiger partial charge in [-0.25, -0.2) is 9.59 Å². The van der Waals surface area contributed by atoms with E-state index in [9.17, 15) is 19.5 Å². The Bertz CT molecular complexity index is 1250. The van der Waals surface area contributed by atoms with Gasteiger partial charge in [0.2, 0.25) is 0 Å². The van der Waals surface area contributed by atoms with Gasteiger partial charge in [0.15, 0.2) is 6.04 Å². The highest BCUT2D eigenvalue weighted by Crippen LogP contribution is 2.38. The topological polar surface area (TPSA) is 108 Å². The Kier molecular flexibility index (Phi) is 5.93. The van der Waals surface area contributed by atoms with Crippen molar-refractivity contribution < 1.29 is 29.0 Å². The number of thiocarbonyl (C=S) groups is 1. The first kappa shape index (κ1) is 21.5. The number of carbonyl (C=O) groups excluding carboxylic acids is 1. The minimum absolute atomic E-state index is 0.147. The molecule has 2 N–H and O–H groups in total. The van der Waals surface area contributed by atoms with Crippen molar-refractivity contribution in [2.45, 2.75) is 6.04 Å². The molecule has 32 heavy (non-hydrogen) atoms. The van der Waals surface area contributed by atoms with Crippen LogP contribution in [0.1, 0.15) is 27.7 Å². The summed E-state index contributed by atoms with van der Waals surface area (Å²) >= 11 is 6.31. The number of amides is 1. The van der Waals surface area contributed by atoms with Gasteiger partial charge in [-0.05, 0) is 29.8 Å². The minimum Gasteiger partial charge on any atom is -0.479 e. The third-order valence-corrected chi connectivity index (χ3v) is 6.08. The summed E-state index contributed by atoms with van der Waals surface area (Å²) in [4.78, 5) is 37.3. The van der Waals surface area contributed by atoms with Crippen LogP contribution in [0, 0.1) is 0 Å². The molecule has 9 heteroatoms. The number of carboxylic acids is 2. The lowest BCUT2D eigenvalue weighted by molar-refractivity contribution is -0.145. The number of furan rings is 1. The Morgan fingerprint density at radius 1 is 1.00 bits per heavy atom. The third kappa shape index (κ3) is 4.20. The lowest BCUT2D eigenvalue weighted by atomic mass is 10.1. The van der Waals surface area contributed by atoms with E-state index in [4.69, 9.17) is 21.7 Å². The smallest absolute Gasteiger partial charge is 0.335 e. The molecule has 0 radical (unpaired) electrons. The molecule has 0 aliphatic carbocycles.